The van der Waals surface area contributed by atoms with E-state index in [-0.39, 0.29) is 23.2 Å². The van der Waals surface area contributed by atoms with E-state index in [1.54, 1.807) is 7.11 Å². The van der Waals surface area contributed by atoms with Gasteiger partial charge < -0.3 is 24.0 Å². The fraction of sp³-hybridized carbons (Fsp3) is 0.682. The monoisotopic (exact) mass is 705 g/mol. The summed E-state index contributed by atoms with van der Waals surface area (Å²) in [5.41, 5.74) is 2.93. The molecule has 2 aliphatic rings. The topological polar surface area (TPSA) is 68.3 Å². The normalized spacial score (nSPS) is 15.8. The Hall–Kier alpha value is -3.22. The zero-order chi connectivity index (χ0) is 36.6. The van der Waals surface area contributed by atoms with E-state index in [0.717, 1.165) is 68.2 Å². The highest BCUT2D eigenvalue weighted by Gasteiger charge is 2.34. The van der Waals surface area contributed by atoms with Crippen molar-refractivity contribution in [1.29, 1.82) is 0 Å². The van der Waals surface area contributed by atoms with Gasteiger partial charge in [-0.15, -0.1) is 0 Å². The zero-order valence-electron chi connectivity index (χ0n) is 32.9. The molecule has 2 fully saturated rings. The van der Waals surface area contributed by atoms with E-state index in [2.05, 4.69) is 55.7 Å². The van der Waals surface area contributed by atoms with Crippen LogP contribution in [0.15, 0.2) is 42.5 Å². The van der Waals surface area contributed by atoms with Crippen molar-refractivity contribution in [3.05, 3.63) is 53.6 Å². The van der Waals surface area contributed by atoms with Crippen molar-refractivity contribution in [1.82, 2.24) is 4.90 Å². The lowest BCUT2D eigenvalue weighted by Crippen LogP contribution is -2.40. The highest BCUT2D eigenvalue weighted by atomic mass is 16.5. The molecule has 1 unspecified atom stereocenters. The minimum absolute atomic E-state index is 0.0127. The second-order valence-corrected chi connectivity index (χ2v) is 16.4. The SMILES string of the molecule is CCCCCCCCCCCCN(CC(C)(C)C)C(=O)c1ccc(OC)cc1N1CCC(COc2cccc(C(CC(=O)OC)C3CC3)c2)CC1. The van der Waals surface area contributed by atoms with Gasteiger partial charge in [0.15, 0.2) is 0 Å². The summed E-state index contributed by atoms with van der Waals surface area (Å²) in [6, 6.07) is 14.3. The van der Waals surface area contributed by atoms with Crippen LogP contribution in [0.3, 0.4) is 0 Å². The van der Waals surface area contributed by atoms with Crippen LogP contribution >= 0.6 is 0 Å². The van der Waals surface area contributed by atoms with Crippen LogP contribution < -0.4 is 14.4 Å². The molecule has 0 spiro atoms. The number of piperidine rings is 1. The van der Waals surface area contributed by atoms with Gasteiger partial charge in [0.25, 0.3) is 5.91 Å². The Morgan fingerprint density at radius 1 is 0.843 bits per heavy atom. The van der Waals surface area contributed by atoms with Crippen molar-refractivity contribution in [3.8, 4) is 11.5 Å². The van der Waals surface area contributed by atoms with Crippen LogP contribution in [-0.2, 0) is 9.53 Å². The Bertz CT molecular complexity index is 1340. The van der Waals surface area contributed by atoms with Crippen LogP contribution in [0.4, 0.5) is 5.69 Å². The number of carbonyl (C=O) groups excluding carboxylic acids is 2. The zero-order valence-corrected chi connectivity index (χ0v) is 32.9. The van der Waals surface area contributed by atoms with E-state index in [0.29, 0.717) is 24.9 Å². The molecule has 1 heterocycles. The average Bonchev–Trinajstić information content (AvgIpc) is 3.98. The molecule has 1 amide bonds. The summed E-state index contributed by atoms with van der Waals surface area (Å²) in [7, 11) is 3.16. The van der Waals surface area contributed by atoms with Gasteiger partial charge in [-0.1, -0.05) is 97.6 Å². The van der Waals surface area contributed by atoms with Gasteiger partial charge in [-0.2, -0.15) is 0 Å². The van der Waals surface area contributed by atoms with E-state index in [9.17, 15) is 9.59 Å². The molecular formula is C44H68N2O5. The van der Waals surface area contributed by atoms with E-state index >= 15 is 0 Å². The third-order valence-corrected chi connectivity index (χ3v) is 10.7. The summed E-state index contributed by atoms with van der Waals surface area (Å²) in [5, 5.41) is 0. The number of hydrogen-bond acceptors (Lipinski definition) is 6. The number of esters is 1. The number of rotatable bonds is 22. The molecule has 1 aliphatic heterocycles. The highest BCUT2D eigenvalue weighted by Crippen LogP contribution is 2.45. The van der Waals surface area contributed by atoms with Crippen molar-refractivity contribution in [2.45, 2.75) is 130 Å². The number of benzene rings is 2. The minimum atomic E-state index is -0.151. The molecule has 4 rings (SSSR count). The number of unbranched alkanes of at least 4 members (excludes halogenated alkanes) is 9. The fourth-order valence-electron chi connectivity index (χ4n) is 7.57. The van der Waals surface area contributed by atoms with Crippen LogP contribution in [0.2, 0.25) is 0 Å². The summed E-state index contributed by atoms with van der Waals surface area (Å²) in [6.45, 7) is 12.8. The first-order valence-corrected chi connectivity index (χ1v) is 20.1. The molecule has 0 N–H and O–H groups in total. The first-order valence-electron chi connectivity index (χ1n) is 20.1. The Morgan fingerprint density at radius 3 is 2.12 bits per heavy atom. The Labute approximate surface area is 309 Å². The van der Waals surface area contributed by atoms with Gasteiger partial charge in [-0.3, -0.25) is 9.59 Å². The van der Waals surface area contributed by atoms with Crippen LogP contribution in [0.25, 0.3) is 0 Å². The number of carbonyl (C=O) groups is 2. The van der Waals surface area contributed by atoms with E-state index in [1.165, 1.54) is 83.3 Å². The largest absolute Gasteiger partial charge is 0.497 e. The second-order valence-electron chi connectivity index (χ2n) is 16.4. The summed E-state index contributed by atoms with van der Waals surface area (Å²) >= 11 is 0. The lowest BCUT2D eigenvalue weighted by Gasteiger charge is -2.36. The van der Waals surface area contributed by atoms with Crippen molar-refractivity contribution in [3.63, 3.8) is 0 Å². The Kier molecular flexibility index (Phi) is 16.5. The highest BCUT2D eigenvalue weighted by molar-refractivity contribution is 6.00. The van der Waals surface area contributed by atoms with E-state index < -0.39 is 0 Å². The Morgan fingerprint density at radius 2 is 1.51 bits per heavy atom. The third kappa shape index (κ3) is 13.7. The van der Waals surface area contributed by atoms with Gasteiger partial charge in [0.1, 0.15) is 11.5 Å². The lowest BCUT2D eigenvalue weighted by molar-refractivity contribution is -0.141. The van der Waals surface area contributed by atoms with E-state index in [1.807, 2.05) is 24.3 Å². The summed E-state index contributed by atoms with van der Waals surface area (Å²) in [6.07, 6.45) is 17.6. The average molecular weight is 705 g/mol. The molecule has 2 aromatic rings. The van der Waals surface area contributed by atoms with Gasteiger partial charge >= 0.3 is 5.97 Å². The van der Waals surface area contributed by atoms with Crippen molar-refractivity contribution < 1.29 is 23.8 Å². The smallest absolute Gasteiger partial charge is 0.306 e. The molecule has 1 saturated heterocycles. The quantitative estimate of drug-likeness (QED) is 0.0898. The first-order chi connectivity index (χ1) is 24.6. The molecule has 1 aliphatic carbocycles. The molecule has 1 saturated carbocycles. The number of anilines is 1. The molecule has 7 heteroatoms. The molecule has 51 heavy (non-hydrogen) atoms. The molecule has 7 nitrogen and oxygen atoms in total. The fourth-order valence-corrected chi connectivity index (χ4v) is 7.57. The van der Waals surface area contributed by atoms with E-state index in [4.69, 9.17) is 14.2 Å². The maximum atomic E-state index is 14.3. The molecular weight excluding hydrogens is 636 g/mol. The van der Waals surface area contributed by atoms with Gasteiger partial charge in [0, 0.05) is 32.2 Å². The number of hydrogen-bond donors (Lipinski definition) is 0. The molecule has 1 atom stereocenters. The minimum Gasteiger partial charge on any atom is -0.497 e. The predicted octanol–water partition coefficient (Wildman–Crippen LogP) is 10.5. The summed E-state index contributed by atoms with van der Waals surface area (Å²) in [4.78, 5) is 30.9. The number of amides is 1. The van der Waals surface area contributed by atoms with Crippen LogP contribution in [0.1, 0.15) is 146 Å². The van der Waals surface area contributed by atoms with Gasteiger partial charge in [0.2, 0.25) is 0 Å². The standard InChI is InChI=1S/C44H68N2O5/c1-7-8-9-10-11-12-13-14-15-16-26-46(33-44(2,3)4)43(48)39-23-22-37(49-5)30-41(39)45-27-24-34(25-28-45)32-51-38-19-17-18-36(29-38)40(35-20-21-35)31-42(47)50-6/h17-19,22-23,29-30,34-35,40H,7-16,20-21,24-28,31-33H2,1-6H3. The van der Waals surface area contributed by atoms with Gasteiger partial charge in [0.05, 0.1) is 38.5 Å². The molecule has 0 bridgehead atoms. The molecule has 2 aromatic carbocycles. The summed E-state index contributed by atoms with van der Waals surface area (Å²) < 4.78 is 17.0. The first kappa shape index (κ1) is 40.5. The molecule has 0 aromatic heterocycles. The second kappa shape index (κ2) is 20.7. The van der Waals surface area contributed by atoms with Crippen LogP contribution in [0, 0.1) is 17.3 Å². The van der Waals surface area contributed by atoms with Gasteiger partial charge in [-0.05, 0) is 85.1 Å². The number of methoxy groups -OCH3 is 2. The number of ether oxygens (including phenoxy) is 3. The number of nitrogens with zero attached hydrogens (tertiary/aromatic N) is 2. The van der Waals surface area contributed by atoms with Crippen molar-refractivity contribution in [2.75, 3.05) is 51.9 Å². The maximum absolute atomic E-state index is 14.3. The van der Waals surface area contributed by atoms with Crippen LogP contribution in [-0.4, -0.2) is 63.8 Å². The Balaban J connectivity index is 1.33. The summed E-state index contributed by atoms with van der Waals surface area (Å²) in [5.74, 6) is 2.80. The maximum Gasteiger partial charge on any atom is 0.306 e. The molecule has 0 radical (unpaired) electrons. The van der Waals surface area contributed by atoms with Crippen molar-refractivity contribution >= 4 is 17.6 Å². The third-order valence-electron chi connectivity index (χ3n) is 10.7. The predicted molar refractivity (Wildman–Crippen MR) is 209 cm³/mol. The lowest BCUT2D eigenvalue weighted by atomic mass is 9.91. The van der Waals surface area contributed by atoms with Crippen LogP contribution in [0.5, 0.6) is 11.5 Å². The van der Waals surface area contributed by atoms with Gasteiger partial charge in [-0.25, -0.2) is 0 Å². The molecule has 284 valence electrons. The van der Waals surface area contributed by atoms with Crippen molar-refractivity contribution in [2.24, 2.45) is 17.3 Å².